The molecule has 0 aliphatic heterocycles. The molecule has 0 N–H and O–H groups in total. The molecule has 0 rings (SSSR count). The topological polar surface area (TPSA) is 63.2 Å². The third kappa shape index (κ3) is 20.6. The normalized spacial score (nSPS) is 12.2. The van der Waals surface area contributed by atoms with E-state index in [4.69, 9.17) is 23.7 Å². The van der Waals surface area contributed by atoms with Gasteiger partial charge in [-0.3, -0.25) is 4.79 Å². The fourth-order valence-corrected chi connectivity index (χ4v) is 3.00. The van der Waals surface area contributed by atoms with E-state index in [2.05, 4.69) is 13.8 Å². The Labute approximate surface area is 185 Å². The third-order valence-corrected chi connectivity index (χ3v) is 4.96. The van der Waals surface area contributed by atoms with Crippen molar-refractivity contribution in [3.05, 3.63) is 0 Å². The fourth-order valence-electron chi connectivity index (χ4n) is 3.00. The number of hydrogen-bond acceptors (Lipinski definition) is 6. The summed E-state index contributed by atoms with van der Waals surface area (Å²) in [5, 5.41) is 0. The van der Waals surface area contributed by atoms with Crippen molar-refractivity contribution >= 4 is 5.97 Å². The first-order chi connectivity index (χ1) is 14.8. The molecule has 6 heteroatoms. The predicted molar refractivity (Wildman–Crippen MR) is 121 cm³/mol. The Hall–Kier alpha value is -0.690. The van der Waals surface area contributed by atoms with Gasteiger partial charge in [0.05, 0.1) is 52.2 Å². The summed E-state index contributed by atoms with van der Waals surface area (Å²) in [7, 11) is 0. The molecular formula is C24H48O6. The molecular weight excluding hydrogens is 384 g/mol. The summed E-state index contributed by atoms with van der Waals surface area (Å²) in [6, 6.07) is 0. The quantitative estimate of drug-likeness (QED) is 0.155. The molecule has 0 aliphatic carbocycles. The van der Waals surface area contributed by atoms with Crippen molar-refractivity contribution < 1.29 is 28.5 Å². The highest BCUT2D eigenvalue weighted by Crippen LogP contribution is 2.14. The highest BCUT2D eigenvalue weighted by molar-refractivity contribution is 5.72. The molecule has 0 bridgehead atoms. The van der Waals surface area contributed by atoms with E-state index in [-0.39, 0.29) is 11.9 Å². The van der Waals surface area contributed by atoms with Gasteiger partial charge in [0.15, 0.2) is 0 Å². The Morgan fingerprint density at radius 3 is 1.57 bits per heavy atom. The minimum Gasteiger partial charge on any atom is -0.463 e. The summed E-state index contributed by atoms with van der Waals surface area (Å²) in [6.07, 6.45) is 11.6. The summed E-state index contributed by atoms with van der Waals surface area (Å²) >= 11 is 0. The van der Waals surface area contributed by atoms with E-state index < -0.39 is 0 Å². The van der Waals surface area contributed by atoms with Crippen molar-refractivity contribution in [3.63, 3.8) is 0 Å². The van der Waals surface area contributed by atoms with Gasteiger partial charge < -0.3 is 23.7 Å². The van der Waals surface area contributed by atoms with Crippen LogP contribution in [0.4, 0.5) is 0 Å². The number of unbranched alkanes of at least 4 members (excludes halogenated alkanes) is 6. The van der Waals surface area contributed by atoms with Crippen LogP contribution in [0.5, 0.6) is 0 Å². The second kappa shape index (κ2) is 24.6. The molecule has 0 amide bonds. The molecule has 0 fully saturated rings. The number of carbonyl (C=O) groups excluding carboxylic acids is 1. The molecule has 0 aromatic heterocycles. The lowest BCUT2D eigenvalue weighted by molar-refractivity contribution is -0.150. The molecule has 0 aromatic rings. The Kier molecular flexibility index (Phi) is 24.0. The van der Waals surface area contributed by atoms with Crippen LogP contribution in [0.1, 0.15) is 85.0 Å². The van der Waals surface area contributed by atoms with Gasteiger partial charge >= 0.3 is 5.97 Å². The minimum atomic E-state index is -0.0982. The Morgan fingerprint density at radius 2 is 1.03 bits per heavy atom. The first-order valence-electron chi connectivity index (χ1n) is 12.2. The third-order valence-electron chi connectivity index (χ3n) is 4.96. The molecule has 30 heavy (non-hydrogen) atoms. The van der Waals surface area contributed by atoms with Crippen molar-refractivity contribution in [2.45, 2.75) is 85.0 Å². The van der Waals surface area contributed by atoms with Crippen molar-refractivity contribution in [1.29, 1.82) is 0 Å². The molecule has 0 spiro atoms. The van der Waals surface area contributed by atoms with Gasteiger partial charge in [-0.25, -0.2) is 0 Å². The van der Waals surface area contributed by atoms with Gasteiger partial charge in [-0.15, -0.1) is 0 Å². The summed E-state index contributed by atoms with van der Waals surface area (Å²) in [5.41, 5.74) is 0. The van der Waals surface area contributed by atoms with E-state index in [1.165, 1.54) is 32.1 Å². The zero-order chi connectivity index (χ0) is 22.1. The van der Waals surface area contributed by atoms with Gasteiger partial charge in [-0.05, 0) is 19.3 Å². The van der Waals surface area contributed by atoms with E-state index in [0.717, 1.165) is 38.7 Å². The molecule has 0 aliphatic rings. The van der Waals surface area contributed by atoms with Crippen LogP contribution >= 0.6 is 0 Å². The lowest BCUT2D eigenvalue weighted by Gasteiger charge is -2.13. The van der Waals surface area contributed by atoms with E-state index in [9.17, 15) is 4.79 Å². The lowest BCUT2D eigenvalue weighted by Crippen LogP contribution is -2.20. The Bertz CT molecular complexity index is 351. The summed E-state index contributed by atoms with van der Waals surface area (Å²) in [6.45, 7) is 11.3. The van der Waals surface area contributed by atoms with Gasteiger partial charge in [0.25, 0.3) is 0 Å². The molecule has 0 heterocycles. The highest BCUT2D eigenvalue weighted by Gasteiger charge is 2.16. The molecule has 1 unspecified atom stereocenters. The van der Waals surface area contributed by atoms with E-state index >= 15 is 0 Å². The molecule has 6 nitrogen and oxygen atoms in total. The van der Waals surface area contributed by atoms with Gasteiger partial charge in [-0.1, -0.05) is 65.7 Å². The fraction of sp³-hybridized carbons (Fsp3) is 0.958. The molecule has 0 saturated heterocycles. The monoisotopic (exact) mass is 432 g/mol. The zero-order valence-corrected chi connectivity index (χ0v) is 20.0. The van der Waals surface area contributed by atoms with Crippen molar-refractivity contribution in [3.8, 4) is 0 Å². The van der Waals surface area contributed by atoms with Crippen LogP contribution in [0.15, 0.2) is 0 Å². The SMILES string of the molecule is CCCCCCCCOCCOCCOCCOCCOC(=O)C(CC)CCCC. The predicted octanol–water partition coefficient (Wildman–Crippen LogP) is 5.17. The summed E-state index contributed by atoms with van der Waals surface area (Å²) in [4.78, 5) is 11.9. The van der Waals surface area contributed by atoms with Crippen molar-refractivity contribution in [1.82, 2.24) is 0 Å². The minimum absolute atomic E-state index is 0.0224. The average Bonchev–Trinajstić information content (AvgIpc) is 2.75. The van der Waals surface area contributed by atoms with Crippen LogP contribution in [0.3, 0.4) is 0 Å². The summed E-state index contributed by atoms with van der Waals surface area (Å²) < 4.78 is 27.2. The standard InChI is InChI=1S/C24H48O6/c1-4-7-9-10-11-12-14-26-15-16-27-17-18-28-19-20-29-21-22-30-24(25)23(6-3)13-8-5-2/h23H,4-22H2,1-3H3. The van der Waals surface area contributed by atoms with Crippen molar-refractivity contribution in [2.75, 3.05) is 59.5 Å². The maximum absolute atomic E-state index is 11.9. The lowest BCUT2D eigenvalue weighted by atomic mass is 10.00. The second-order valence-corrected chi connectivity index (χ2v) is 7.63. The largest absolute Gasteiger partial charge is 0.463 e. The van der Waals surface area contributed by atoms with Crippen molar-refractivity contribution in [2.24, 2.45) is 5.92 Å². The molecule has 0 aromatic carbocycles. The van der Waals surface area contributed by atoms with Crippen LogP contribution in [-0.2, 0) is 28.5 Å². The van der Waals surface area contributed by atoms with Crippen LogP contribution in [0.2, 0.25) is 0 Å². The van der Waals surface area contributed by atoms with Crippen LogP contribution < -0.4 is 0 Å². The highest BCUT2D eigenvalue weighted by atomic mass is 16.6. The first-order valence-corrected chi connectivity index (χ1v) is 12.2. The van der Waals surface area contributed by atoms with Gasteiger partial charge in [0.2, 0.25) is 0 Å². The van der Waals surface area contributed by atoms with Crippen LogP contribution in [-0.4, -0.2) is 65.4 Å². The van der Waals surface area contributed by atoms with E-state index in [0.29, 0.717) is 52.9 Å². The Balaban J connectivity index is 3.22. The summed E-state index contributed by atoms with van der Waals surface area (Å²) in [5.74, 6) is -0.0758. The molecule has 0 saturated carbocycles. The maximum Gasteiger partial charge on any atom is 0.308 e. The van der Waals surface area contributed by atoms with E-state index in [1.807, 2.05) is 6.92 Å². The maximum atomic E-state index is 11.9. The number of hydrogen-bond donors (Lipinski definition) is 0. The van der Waals surface area contributed by atoms with Gasteiger partial charge in [0.1, 0.15) is 6.61 Å². The Morgan fingerprint density at radius 1 is 0.567 bits per heavy atom. The smallest absolute Gasteiger partial charge is 0.308 e. The average molecular weight is 433 g/mol. The number of rotatable bonds is 24. The molecule has 1 atom stereocenters. The first kappa shape index (κ1) is 29.3. The molecule has 180 valence electrons. The number of ether oxygens (including phenoxy) is 5. The van der Waals surface area contributed by atoms with Gasteiger partial charge in [0, 0.05) is 6.61 Å². The van der Waals surface area contributed by atoms with Crippen LogP contribution in [0.25, 0.3) is 0 Å². The van der Waals surface area contributed by atoms with Gasteiger partial charge in [-0.2, -0.15) is 0 Å². The number of esters is 1. The number of carbonyl (C=O) groups is 1. The molecule has 0 radical (unpaired) electrons. The van der Waals surface area contributed by atoms with E-state index in [1.54, 1.807) is 0 Å². The zero-order valence-electron chi connectivity index (χ0n) is 20.0. The second-order valence-electron chi connectivity index (χ2n) is 7.63. The van der Waals surface area contributed by atoms with Crippen LogP contribution in [0, 0.1) is 5.92 Å².